The number of hydrogen-bond acceptors (Lipinski definition) is 6. The van der Waals surface area contributed by atoms with Gasteiger partial charge in [-0.05, 0) is 24.3 Å². The highest BCUT2D eigenvalue weighted by molar-refractivity contribution is 6.28. The summed E-state index contributed by atoms with van der Waals surface area (Å²) in [7, 11) is 0. The maximum absolute atomic E-state index is 11.9. The molecule has 0 aromatic heterocycles. The summed E-state index contributed by atoms with van der Waals surface area (Å²) in [6, 6.07) is 5.46. The lowest BCUT2D eigenvalue weighted by Crippen LogP contribution is -2.32. The number of hydrogen-bond donors (Lipinski definition) is 0. The normalized spacial score (nSPS) is 17.4. The number of amides is 4. The lowest BCUT2D eigenvalue weighted by Gasteiger charge is -2.15. The van der Waals surface area contributed by atoms with Crippen LogP contribution in [0.1, 0.15) is 23.2 Å². The first-order chi connectivity index (χ1) is 11.0. The van der Waals surface area contributed by atoms with E-state index in [2.05, 4.69) is 0 Å². The second-order valence-corrected chi connectivity index (χ2v) is 4.85. The van der Waals surface area contributed by atoms with Crippen LogP contribution in [0.25, 0.3) is 0 Å². The van der Waals surface area contributed by atoms with Crippen LogP contribution in [-0.4, -0.2) is 34.7 Å². The van der Waals surface area contributed by atoms with E-state index >= 15 is 0 Å². The molecule has 1 saturated heterocycles. The Morgan fingerprint density at radius 1 is 0.870 bits per heavy atom. The number of hydroxylamine groups is 2. The summed E-state index contributed by atoms with van der Waals surface area (Å²) in [5.74, 6) is -2.96. The average Bonchev–Trinajstić information content (AvgIpc) is 3.03. The lowest BCUT2D eigenvalue weighted by molar-refractivity contribution is -0.172. The van der Waals surface area contributed by atoms with Gasteiger partial charge in [0.05, 0.1) is 11.3 Å². The van der Waals surface area contributed by atoms with E-state index in [-0.39, 0.29) is 18.4 Å². The number of rotatable bonds is 3. The number of carbonyl (C=O) groups excluding carboxylic acids is 5. The van der Waals surface area contributed by atoms with Crippen molar-refractivity contribution in [1.29, 1.82) is 0 Å². The average molecular weight is 314 g/mol. The number of nitrogens with zero attached hydrogens (tertiary/aromatic N) is 2. The van der Waals surface area contributed by atoms with Gasteiger partial charge in [0.2, 0.25) is 0 Å². The quantitative estimate of drug-likeness (QED) is 0.746. The van der Waals surface area contributed by atoms with Crippen molar-refractivity contribution in [3.8, 4) is 0 Å². The Morgan fingerprint density at radius 2 is 1.39 bits per heavy atom. The molecule has 0 aliphatic carbocycles. The van der Waals surface area contributed by atoms with Crippen LogP contribution in [-0.2, 0) is 24.0 Å². The first-order valence-electron chi connectivity index (χ1n) is 6.71. The Bertz CT molecular complexity index is 731. The van der Waals surface area contributed by atoms with Gasteiger partial charge in [-0.25, -0.2) is 9.69 Å². The van der Waals surface area contributed by atoms with E-state index < -0.39 is 29.6 Å². The summed E-state index contributed by atoms with van der Waals surface area (Å²) in [6.07, 6.45) is 2.32. The number of carbonyl (C=O) groups is 5. The molecule has 2 heterocycles. The fourth-order valence-corrected chi connectivity index (χ4v) is 2.19. The van der Waals surface area contributed by atoms with Crippen LogP contribution in [0, 0.1) is 0 Å². The Balaban J connectivity index is 1.73. The van der Waals surface area contributed by atoms with Gasteiger partial charge in [-0.1, -0.05) is 0 Å². The molecule has 0 saturated carbocycles. The van der Waals surface area contributed by atoms with Gasteiger partial charge in [0.25, 0.3) is 23.6 Å². The molecule has 0 spiro atoms. The largest absolute Gasteiger partial charge is 0.363 e. The van der Waals surface area contributed by atoms with Crippen LogP contribution < -0.4 is 4.90 Å². The number of benzene rings is 1. The van der Waals surface area contributed by atoms with Crippen molar-refractivity contribution >= 4 is 35.3 Å². The highest BCUT2D eigenvalue weighted by Crippen LogP contribution is 2.20. The van der Waals surface area contributed by atoms with Crippen molar-refractivity contribution < 1.29 is 28.8 Å². The van der Waals surface area contributed by atoms with E-state index in [0.717, 1.165) is 17.1 Å². The first kappa shape index (κ1) is 14.6. The monoisotopic (exact) mass is 314 g/mol. The van der Waals surface area contributed by atoms with E-state index in [9.17, 15) is 24.0 Å². The zero-order chi connectivity index (χ0) is 16.6. The number of imide groups is 2. The van der Waals surface area contributed by atoms with Crippen molar-refractivity contribution in [2.24, 2.45) is 0 Å². The molecule has 0 radical (unpaired) electrons. The van der Waals surface area contributed by atoms with Crippen molar-refractivity contribution in [3.63, 3.8) is 0 Å². The highest BCUT2D eigenvalue weighted by Gasteiger charge is 2.33. The lowest BCUT2D eigenvalue weighted by atomic mass is 10.2. The zero-order valence-corrected chi connectivity index (χ0v) is 11.7. The maximum Gasteiger partial charge on any atom is 0.363 e. The molecular formula is C15H10N2O6. The van der Waals surface area contributed by atoms with E-state index in [1.54, 1.807) is 0 Å². The molecule has 1 aromatic carbocycles. The van der Waals surface area contributed by atoms with E-state index in [1.807, 2.05) is 0 Å². The molecule has 0 atom stereocenters. The molecule has 4 amide bonds. The van der Waals surface area contributed by atoms with Crippen LogP contribution in [0.15, 0.2) is 36.4 Å². The molecular weight excluding hydrogens is 304 g/mol. The minimum Gasteiger partial charge on any atom is -0.325 e. The van der Waals surface area contributed by atoms with E-state index in [0.29, 0.717) is 10.8 Å². The van der Waals surface area contributed by atoms with Gasteiger partial charge >= 0.3 is 5.97 Å². The van der Waals surface area contributed by atoms with Gasteiger partial charge in [-0.2, -0.15) is 0 Å². The summed E-state index contributed by atoms with van der Waals surface area (Å²) in [5, 5.41) is 0.452. The Kier molecular flexibility index (Phi) is 3.49. The standard InChI is InChI=1S/C15H10N2O6/c18-11-5-6-12(19)16(11)10-3-1-9(2-4-10)15(22)23-17-13(20)7-8-14(17)21/h1-6H,7-8H2. The summed E-state index contributed by atoms with van der Waals surface area (Å²) in [4.78, 5) is 63.5. The molecule has 0 unspecified atom stereocenters. The topological polar surface area (TPSA) is 101 Å². The third-order valence-corrected chi connectivity index (χ3v) is 3.35. The predicted molar refractivity (Wildman–Crippen MR) is 74.6 cm³/mol. The third-order valence-electron chi connectivity index (χ3n) is 3.35. The molecule has 8 heteroatoms. The third kappa shape index (κ3) is 2.61. The van der Waals surface area contributed by atoms with Crippen molar-refractivity contribution in [2.75, 3.05) is 4.90 Å². The fourth-order valence-electron chi connectivity index (χ4n) is 2.19. The molecule has 2 aliphatic heterocycles. The van der Waals surface area contributed by atoms with Gasteiger partial charge in [-0.3, -0.25) is 19.2 Å². The second-order valence-electron chi connectivity index (χ2n) is 4.85. The van der Waals surface area contributed by atoms with Gasteiger partial charge in [0.1, 0.15) is 0 Å². The van der Waals surface area contributed by atoms with Gasteiger partial charge in [0.15, 0.2) is 0 Å². The summed E-state index contributed by atoms with van der Waals surface area (Å²) in [5.41, 5.74) is 0.378. The molecule has 8 nitrogen and oxygen atoms in total. The molecule has 0 bridgehead atoms. The second kappa shape index (κ2) is 5.48. The van der Waals surface area contributed by atoms with Crippen LogP contribution in [0.2, 0.25) is 0 Å². The van der Waals surface area contributed by atoms with Crippen LogP contribution in [0.4, 0.5) is 5.69 Å². The maximum atomic E-state index is 11.9. The van der Waals surface area contributed by atoms with E-state index in [1.165, 1.54) is 24.3 Å². The Labute approximate surface area is 129 Å². The minimum absolute atomic E-state index is 0.0111. The Morgan fingerprint density at radius 3 is 1.91 bits per heavy atom. The number of anilines is 1. The minimum atomic E-state index is -0.877. The summed E-state index contributed by atoms with van der Waals surface area (Å²) < 4.78 is 0. The molecule has 2 aliphatic rings. The molecule has 3 rings (SSSR count). The SMILES string of the molecule is O=C(ON1C(=O)CCC1=O)c1ccc(N2C(=O)C=CC2=O)cc1. The smallest absolute Gasteiger partial charge is 0.325 e. The molecule has 0 N–H and O–H groups in total. The van der Waals surface area contributed by atoms with Gasteiger partial charge in [-0.15, -0.1) is 5.06 Å². The molecule has 23 heavy (non-hydrogen) atoms. The zero-order valence-electron chi connectivity index (χ0n) is 11.7. The van der Waals surface area contributed by atoms with Crippen molar-refractivity contribution in [3.05, 3.63) is 42.0 Å². The van der Waals surface area contributed by atoms with Crippen molar-refractivity contribution in [1.82, 2.24) is 5.06 Å². The Hall–Kier alpha value is -3.29. The highest BCUT2D eigenvalue weighted by atomic mass is 16.7. The molecule has 1 fully saturated rings. The van der Waals surface area contributed by atoms with Crippen LogP contribution in [0.5, 0.6) is 0 Å². The van der Waals surface area contributed by atoms with Crippen LogP contribution in [0.3, 0.4) is 0 Å². The first-order valence-corrected chi connectivity index (χ1v) is 6.71. The predicted octanol–water partition coefficient (Wildman–Crippen LogP) is 0.337. The molecule has 116 valence electrons. The van der Waals surface area contributed by atoms with Gasteiger partial charge in [0, 0.05) is 25.0 Å². The molecule has 1 aromatic rings. The van der Waals surface area contributed by atoms with Crippen LogP contribution >= 0.6 is 0 Å². The summed E-state index contributed by atoms with van der Waals surface area (Å²) in [6.45, 7) is 0. The van der Waals surface area contributed by atoms with Gasteiger partial charge < -0.3 is 4.84 Å². The van der Waals surface area contributed by atoms with Crippen molar-refractivity contribution in [2.45, 2.75) is 12.8 Å². The fraction of sp³-hybridized carbons (Fsp3) is 0.133. The summed E-state index contributed by atoms with van der Waals surface area (Å²) >= 11 is 0. The van der Waals surface area contributed by atoms with E-state index in [4.69, 9.17) is 4.84 Å².